The molecule has 7 heteroatoms. The fourth-order valence-electron chi connectivity index (χ4n) is 2.58. The summed E-state index contributed by atoms with van der Waals surface area (Å²) in [5.41, 5.74) is 0.496. The Morgan fingerprint density at radius 1 is 1.19 bits per heavy atom. The molecule has 0 saturated heterocycles. The van der Waals surface area contributed by atoms with E-state index in [2.05, 4.69) is 21.2 Å². The molecular formula is C19H19BrN2O4. The third kappa shape index (κ3) is 4.54. The highest BCUT2D eigenvalue weighted by atomic mass is 79.9. The lowest BCUT2D eigenvalue weighted by Crippen LogP contribution is -2.45. The van der Waals surface area contributed by atoms with Gasteiger partial charge in [0.05, 0.1) is 13.1 Å². The van der Waals surface area contributed by atoms with Crippen LogP contribution in [0.1, 0.15) is 10.4 Å². The summed E-state index contributed by atoms with van der Waals surface area (Å²) in [5, 5.41) is 2.64. The van der Waals surface area contributed by atoms with Crippen molar-refractivity contribution in [3.8, 4) is 11.5 Å². The summed E-state index contributed by atoms with van der Waals surface area (Å²) in [6.07, 6.45) is -0.250. The molecule has 1 aliphatic heterocycles. The van der Waals surface area contributed by atoms with Gasteiger partial charge in [0.1, 0.15) is 6.61 Å². The number of halogens is 1. The Morgan fingerprint density at radius 2 is 1.96 bits per heavy atom. The summed E-state index contributed by atoms with van der Waals surface area (Å²) in [7, 11) is 1.68. The van der Waals surface area contributed by atoms with Gasteiger partial charge < -0.3 is 19.7 Å². The Bertz CT molecular complexity index is 812. The Morgan fingerprint density at radius 3 is 2.73 bits per heavy atom. The van der Waals surface area contributed by atoms with Crippen LogP contribution in [-0.4, -0.2) is 49.6 Å². The van der Waals surface area contributed by atoms with Crippen LogP contribution in [0, 0.1) is 0 Å². The van der Waals surface area contributed by atoms with E-state index in [0.717, 1.165) is 4.47 Å². The largest absolute Gasteiger partial charge is 0.486 e. The van der Waals surface area contributed by atoms with Crippen molar-refractivity contribution in [2.75, 3.05) is 26.7 Å². The van der Waals surface area contributed by atoms with Gasteiger partial charge in [-0.1, -0.05) is 34.1 Å². The molecule has 1 unspecified atom stereocenters. The highest BCUT2D eigenvalue weighted by Gasteiger charge is 2.23. The SMILES string of the molecule is CN(CC1COc2ccccc2O1)C(=O)CNC(=O)c1cccc(Br)c1. The highest BCUT2D eigenvalue weighted by molar-refractivity contribution is 9.10. The summed E-state index contributed by atoms with van der Waals surface area (Å²) in [4.78, 5) is 25.9. The average molecular weight is 419 g/mol. The number of benzene rings is 2. The molecule has 0 fully saturated rings. The van der Waals surface area contributed by atoms with E-state index >= 15 is 0 Å². The van der Waals surface area contributed by atoms with Gasteiger partial charge in [-0.3, -0.25) is 9.59 Å². The fourth-order valence-corrected chi connectivity index (χ4v) is 2.98. The van der Waals surface area contributed by atoms with Gasteiger partial charge in [-0.05, 0) is 30.3 Å². The number of ether oxygens (including phenoxy) is 2. The Hall–Kier alpha value is -2.54. The van der Waals surface area contributed by atoms with E-state index in [-0.39, 0.29) is 24.5 Å². The smallest absolute Gasteiger partial charge is 0.251 e. The number of carbonyl (C=O) groups is 2. The van der Waals surface area contributed by atoms with Gasteiger partial charge in [0, 0.05) is 17.1 Å². The van der Waals surface area contributed by atoms with Gasteiger partial charge in [0.25, 0.3) is 5.91 Å². The molecule has 26 heavy (non-hydrogen) atoms. The number of amides is 2. The summed E-state index contributed by atoms with van der Waals surface area (Å²) in [6, 6.07) is 14.4. The Labute approximate surface area is 160 Å². The molecule has 0 aliphatic carbocycles. The van der Waals surface area contributed by atoms with Crippen molar-refractivity contribution in [1.29, 1.82) is 0 Å². The van der Waals surface area contributed by atoms with Gasteiger partial charge in [0.15, 0.2) is 17.6 Å². The van der Waals surface area contributed by atoms with Gasteiger partial charge in [-0.25, -0.2) is 0 Å². The number of rotatable bonds is 5. The second kappa shape index (κ2) is 8.23. The molecule has 2 aromatic rings. The number of nitrogens with one attached hydrogen (secondary N) is 1. The lowest BCUT2D eigenvalue weighted by molar-refractivity contribution is -0.130. The molecule has 6 nitrogen and oxygen atoms in total. The molecule has 1 heterocycles. The number of hydrogen-bond acceptors (Lipinski definition) is 4. The minimum Gasteiger partial charge on any atom is -0.486 e. The van der Waals surface area contributed by atoms with Crippen LogP contribution in [0.5, 0.6) is 11.5 Å². The molecule has 0 radical (unpaired) electrons. The quantitative estimate of drug-likeness (QED) is 0.809. The van der Waals surface area contributed by atoms with Crippen LogP contribution in [0.3, 0.4) is 0 Å². The third-order valence-electron chi connectivity index (χ3n) is 3.96. The lowest BCUT2D eigenvalue weighted by atomic mass is 10.2. The van der Waals surface area contributed by atoms with Crippen molar-refractivity contribution in [2.24, 2.45) is 0 Å². The molecule has 2 aromatic carbocycles. The van der Waals surface area contributed by atoms with E-state index in [1.807, 2.05) is 30.3 Å². The molecule has 0 bridgehead atoms. The first kappa shape index (κ1) is 18.3. The number of para-hydroxylation sites is 2. The molecule has 2 amide bonds. The van der Waals surface area contributed by atoms with Gasteiger partial charge in [-0.15, -0.1) is 0 Å². The zero-order valence-corrected chi connectivity index (χ0v) is 15.9. The summed E-state index contributed by atoms with van der Waals surface area (Å²) >= 11 is 3.32. The standard InChI is InChI=1S/C19H19BrN2O4/c1-22(11-15-12-25-16-7-2-3-8-17(16)26-15)18(23)10-21-19(24)13-5-4-6-14(20)9-13/h2-9,15H,10-12H2,1H3,(H,21,24). The normalized spacial score (nSPS) is 15.2. The van der Waals surface area contributed by atoms with Crippen LogP contribution >= 0.6 is 15.9 Å². The van der Waals surface area contributed by atoms with Gasteiger partial charge in [0.2, 0.25) is 5.91 Å². The van der Waals surface area contributed by atoms with E-state index in [1.165, 1.54) is 4.90 Å². The Balaban J connectivity index is 1.48. The molecule has 136 valence electrons. The molecule has 1 atom stereocenters. The maximum Gasteiger partial charge on any atom is 0.251 e. The number of fused-ring (bicyclic) bond motifs is 1. The van der Waals surface area contributed by atoms with Crippen molar-refractivity contribution in [1.82, 2.24) is 10.2 Å². The topological polar surface area (TPSA) is 67.9 Å². The van der Waals surface area contributed by atoms with Crippen molar-refractivity contribution in [3.63, 3.8) is 0 Å². The lowest BCUT2D eigenvalue weighted by Gasteiger charge is -2.29. The first-order valence-corrected chi connectivity index (χ1v) is 8.98. The zero-order valence-electron chi connectivity index (χ0n) is 14.3. The summed E-state index contributed by atoms with van der Waals surface area (Å²) in [6.45, 7) is 0.672. The van der Waals surface area contributed by atoms with Crippen molar-refractivity contribution in [3.05, 3.63) is 58.6 Å². The van der Waals surface area contributed by atoms with Crippen LogP contribution in [0.2, 0.25) is 0 Å². The molecular weight excluding hydrogens is 400 g/mol. The van der Waals surface area contributed by atoms with Gasteiger partial charge >= 0.3 is 0 Å². The maximum absolute atomic E-state index is 12.3. The molecule has 3 rings (SSSR count). The predicted octanol–water partition coefficient (Wildman–Crippen LogP) is 2.48. The molecule has 0 spiro atoms. The van der Waals surface area contributed by atoms with Crippen LogP contribution in [0.4, 0.5) is 0 Å². The van der Waals surface area contributed by atoms with E-state index in [4.69, 9.17) is 9.47 Å². The second-order valence-electron chi connectivity index (χ2n) is 5.96. The first-order valence-electron chi connectivity index (χ1n) is 8.19. The Kier molecular flexibility index (Phi) is 5.78. The van der Waals surface area contributed by atoms with Crippen molar-refractivity contribution < 1.29 is 19.1 Å². The number of likely N-dealkylation sites (N-methyl/N-ethyl adjacent to an activating group) is 1. The number of hydrogen-bond donors (Lipinski definition) is 1. The molecule has 1 N–H and O–H groups in total. The maximum atomic E-state index is 12.3. The van der Waals surface area contributed by atoms with E-state index in [1.54, 1.807) is 25.2 Å². The molecule has 0 saturated carbocycles. The average Bonchev–Trinajstić information content (AvgIpc) is 2.65. The van der Waals surface area contributed by atoms with Crippen LogP contribution < -0.4 is 14.8 Å². The first-order chi connectivity index (χ1) is 12.5. The van der Waals surface area contributed by atoms with E-state index in [0.29, 0.717) is 30.2 Å². The minimum atomic E-state index is -0.292. The fraction of sp³-hybridized carbons (Fsp3) is 0.263. The third-order valence-corrected chi connectivity index (χ3v) is 4.45. The monoisotopic (exact) mass is 418 g/mol. The minimum absolute atomic E-state index is 0.0774. The van der Waals surface area contributed by atoms with Gasteiger partial charge in [-0.2, -0.15) is 0 Å². The number of carbonyl (C=O) groups excluding carboxylic acids is 2. The predicted molar refractivity (Wildman–Crippen MR) is 100 cm³/mol. The van der Waals surface area contributed by atoms with Crippen molar-refractivity contribution >= 4 is 27.7 Å². The zero-order chi connectivity index (χ0) is 18.5. The van der Waals surface area contributed by atoms with Crippen LogP contribution in [-0.2, 0) is 4.79 Å². The summed E-state index contributed by atoms with van der Waals surface area (Å²) in [5.74, 6) is 0.890. The second-order valence-corrected chi connectivity index (χ2v) is 6.88. The molecule has 0 aromatic heterocycles. The summed E-state index contributed by atoms with van der Waals surface area (Å²) < 4.78 is 12.3. The van der Waals surface area contributed by atoms with E-state index < -0.39 is 0 Å². The number of nitrogens with zero attached hydrogens (tertiary/aromatic N) is 1. The van der Waals surface area contributed by atoms with Crippen LogP contribution in [0.15, 0.2) is 53.0 Å². The van der Waals surface area contributed by atoms with E-state index in [9.17, 15) is 9.59 Å². The molecule has 1 aliphatic rings. The van der Waals surface area contributed by atoms with Crippen LogP contribution in [0.25, 0.3) is 0 Å². The van der Waals surface area contributed by atoms with Crippen molar-refractivity contribution in [2.45, 2.75) is 6.10 Å². The highest BCUT2D eigenvalue weighted by Crippen LogP contribution is 2.30.